The Morgan fingerprint density at radius 2 is 2.04 bits per heavy atom. The van der Waals surface area contributed by atoms with Crippen molar-refractivity contribution in [3.05, 3.63) is 48.7 Å². The molecule has 1 aliphatic carbocycles. The average molecular weight is 388 g/mol. The van der Waals surface area contributed by atoms with Crippen LogP contribution in [0, 0.1) is 0 Å². The number of nitrogens with two attached hydrogens (primary N) is 1. The van der Waals surface area contributed by atoms with Crippen LogP contribution in [0.3, 0.4) is 0 Å². The minimum atomic E-state index is -0.584. The Kier molecular flexibility index (Phi) is 5.93. The van der Waals surface area contributed by atoms with Crippen LogP contribution in [0.1, 0.15) is 31.2 Å². The first-order valence-electron chi connectivity index (χ1n) is 8.76. The number of carbonyl (C=O) groups is 1. The van der Waals surface area contributed by atoms with E-state index in [1.165, 1.54) is 4.42 Å². The molecule has 1 heterocycles. The molecule has 142 valence electrons. The molecule has 27 heavy (non-hydrogen) atoms. The molecular weight excluding hydrogens is 366 g/mol. The average Bonchev–Trinajstić information content (AvgIpc) is 2.69. The zero-order chi connectivity index (χ0) is 19.4. The molecule has 0 spiro atoms. The Morgan fingerprint density at radius 1 is 1.30 bits per heavy atom. The van der Waals surface area contributed by atoms with Gasteiger partial charge in [0, 0.05) is 35.7 Å². The van der Waals surface area contributed by atoms with E-state index in [1.54, 1.807) is 36.5 Å². The fourth-order valence-electron chi connectivity index (χ4n) is 3.02. The fraction of sp³-hybridized carbons (Fsp3) is 0.316. The lowest BCUT2D eigenvalue weighted by Gasteiger charge is -2.26. The van der Waals surface area contributed by atoms with Gasteiger partial charge in [-0.05, 0) is 43.4 Å². The van der Waals surface area contributed by atoms with Gasteiger partial charge in [-0.2, -0.15) is 4.98 Å². The molecule has 0 atom stereocenters. The first-order valence-corrected chi connectivity index (χ1v) is 9.10. The third kappa shape index (κ3) is 4.75. The lowest BCUT2D eigenvalue weighted by atomic mass is 9.93. The van der Waals surface area contributed by atoms with Gasteiger partial charge in [-0.15, -0.1) is 0 Å². The Hall–Kier alpha value is -2.64. The highest BCUT2D eigenvalue weighted by molar-refractivity contribution is 6.29. The van der Waals surface area contributed by atoms with Gasteiger partial charge in [-0.3, -0.25) is 4.79 Å². The molecule has 1 fully saturated rings. The smallest absolute Gasteiger partial charge is 0.248 e. The van der Waals surface area contributed by atoms with Gasteiger partial charge in [-0.1, -0.05) is 18.7 Å². The third-order valence-corrected chi connectivity index (χ3v) is 4.96. The maximum absolute atomic E-state index is 11.3. The molecule has 2 aromatic rings. The summed E-state index contributed by atoms with van der Waals surface area (Å²) in [6.45, 7) is 3.69. The highest BCUT2D eigenvalue weighted by atomic mass is 35.5. The molecule has 1 saturated carbocycles. The highest BCUT2D eigenvalue weighted by Gasteiger charge is 2.20. The van der Waals surface area contributed by atoms with E-state index < -0.39 is 5.91 Å². The quantitative estimate of drug-likeness (QED) is 0.520. The first kappa shape index (κ1) is 19.1. The first-order chi connectivity index (χ1) is 12.9. The number of carbonyl (C=O) groups excluding carboxylic acids is 1. The molecule has 3 rings (SSSR count). The van der Waals surface area contributed by atoms with Crippen LogP contribution in [-0.2, 0) is 4.79 Å². The summed E-state index contributed by atoms with van der Waals surface area (Å²) in [5, 5.41) is 12.9. The highest BCUT2D eigenvalue weighted by Crippen LogP contribution is 2.29. The second-order valence-corrected chi connectivity index (χ2v) is 6.90. The van der Waals surface area contributed by atoms with Gasteiger partial charge in [0.2, 0.25) is 11.9 Å². The van der Waals surface area contributed by atoms with E-state index >= 15 is 0 Å². The summed E-state index contributed by atoms with van der Waals surface area (Å²) in [6, 6.07) is 8.95. The van der Waals surface area contributed by atoms with Crippen molar-refractivity contribution in [2.45, 2.75) is 37.8 Å². The van der Waals surface area contributed by atoms with E-state index in [0.29, 0.717) is 23.0 Å². The van der Waals surface area contributed by atoms with Crippen LogP contribution in [0.25, 0.3) is 5.57 Å². The van der Waals surface area contributed by atoms with Crippen LogP contribution < -0.4 is 15.5 Å². The molecule has 1 aromatic heterocycles. The molecule has 4 N–H and O–H groups in total. The summed E-state index contributed by atoms with van der Waals surface area (Å²) < 4.78 is 1.38. The normalized spacial score (nSPS) is 19.3. The number of halogens is 1. The van der Waals surface area contributed by atoms with E-state index in [0.717, 1.165) is 25.7 Å². The van der Waals surface area contributed by atoms with E-state index in [4.69, 9.17) is 17.5 Å². The predicted octanol–water partition coefficient (Wildman–Crippen LogP) is 2.98. The van der Waals surface area contributed by atoms with Gasteiger partial charge in [0.15, 0.2) is 5.82 Å². The number of primary amides is 1. The predicted molar refractivity (Wildman–Crippen MR) is 107 cm³/mol. The zero-order valence-electron chi connectivity index (χ0n) is 14.8. The van der Waals surface area contributed by atoms with Gasteiger partial charge in [0.05, 0.1) is 11.8 Å². The fourth-order valence-corrected chi connectivity index (χ4v) is 3.22. The Labute approximate surface area is 163 Å². The minimum absolute atomic E-state index is 0.212. The number of hydrogen-bond acceptors (Lipinski definition) is 6. The number of amides is 1. The molecule has 0 unspecified atom stereocenters. The van der Waals surface area contributed by atoms with Crippen LogP contribution >= 0.6 is 11.8 Å². The van der Waals surface area contributed by atoms with E-state index in [-0.39, 0.29) is 17.7 Å². The molecule has 0 aliphatic heterocycles. The molecule has 0 radical (unpaired) electrons. The van der Waals surface area contributed by atoms with Crippen LogP contribution in [0.5, 0.6) is 0 Å². The van der Waals surface area contributed by atoms with E-state index in [2.05, 4.69) is 21.9 Å². The van der Waals surface area contributed by atoms with Crippen molar-refractivity contribution in [3.8, 4) is 0 Å². The SMILES string of the molecule is C=C(C(N)=O)c1cccc(N(Cl)c2ccnc(NC3CCC(O)CC3)n2)c1. The van der Waals surface area contributed by atoms with Crippen LogP contribution in [0.15, 0.2) is 43.1 Å². The molecule has 0 saturated heterocycles. The van der Waals surface area contributed by atoms with Crippen molar-refractivity contribution in [3.63, 3.8) is 0 Å². The Bertz CT molecular complexity index is 836. The van der Waals surface area contributed by atoms with Gasteiger partial charge in [0.25, 0.3) is 0 Å². The number of nitrogens with zero attached hydrogens (tertiary/aromatic N) is 3. The van der Waals surface area contributed by atoms with Crippen molar-refractivity contribution in [2.24, 2.45) is 5.73 Å². The molecule has 1 aromatic carbocycles. The number of aliphatic hydroxyl groups excluding tert-OH is 1. The molecular formula is C19H22ClN5O2. The van der Waals surface area contributed by atoms with Crippen molar-refractivity contribution in [1.29, 1.82) is 0 Å². The number of aromatic nitrogens is 2. The largest absolute Gasteiger partial charge is 0.393 e. The van der Waals surface area contributed by atoms with Crippen molar-refractivity contribution in [2.75, 3.05) is 9.74 Å². The van der Waals surface area contributed by atoms with Crippen molar-refractivity contribution >= 4 is 40.7 Å². The minimum Gasteiger partial charge on any atom is -0.393 e. The summed E-state index contributed by atoms with van der Waals surface area (Å²) in [4.78, 5) is 20.1. The maximum atomic E-state index is 11.3. The maximum Gasteiger partial charge on any atom is 0.248 e. The molecule has 0 bridgehead atoms. The molecule has 1 amide bonds. The van der Waals surface area contributed by atoms with Crippen LogP contribution in [0.2, 0.25) is 0 Å². The van der Waals surface area contributed by atoms with E-state index in [9.17, 15) is 9.90 Å². The number of rotatable bonds is 6. The number of anilines is 3. The number of aliphatic hydroxyl groups is 1. The molecule has 8 heteroatoms. The summed E-state index contributed by atoms with van der Waals surface area (Å²) in [7, 11) is 0. The Balaban J connectivity index is 1.75. The van der Waals surface area contributed by atoms with Crippen molar-refractivity contribution in [1.82, 2.24) is 9.97 Å². The lowest BCUT2D eigenvalue weighted by molar-refractivity contribution is -0.112. The van der Waals surface area contributed by atoms with Crippen molar-refractivity contribution < 1.29 is 9.90 Å². The lowest BCUT2D eigenvalue weighted by Crippen LogP contribution is -2.29. The standard InChI is InChI=1S/C19H22ClN5O2/c1-12(18(21)27)13-3-2-4-15(11-13)25(20)17-9-10-22-19(24-17)23-14-5-7-16(26)8-6-14/h2-4,9-11,14,16,26H,1,5-8H2,(H2,21,27)(H,22,23,24). The van der Waals surface area contributed by atoms with Crippen LogP contribution in [0.4, 0.5) is 17.5 Å². The summed E-state index contributed by atoms with van der Waals surface area (Å²) >= 11 is 6.46. The number of nitrogens with one attached hydrogen (secondary N) is 1. The topological polar surface area (TPSA) is 104 Å². The van der Waals surface area contributed by atoms with Gasteiger partial charge in [-0.25, -0.2) is 9.40 Å². The van der Waals surface area contributed by atoms with Gasteiger partial charge in [0.1, 0.15) is 0 Å². The summed E-state index contributed by atoms with van der Waals surface area (Å²) in [6.07, 6.45) is 4.71. The monoisotopic (exact) mass is 387 g/mol. The second kappa shape index (κ2) is 8.37. The van der Waals surface area contributed by atoms with Gasteiger partial charge < -0.3 is 16.2 Å². The second-order valence-electron chi connectivity index (χ2n) is 6.56. The van der Waals surface area contributed by atoms with Gasteiger partial charge >= 0.3 is 0 Å². The summed E-state index contributed by atoms with van der Waals surface area (Å²) in [5.74, 6) is 0.392. The number of hydrogen-bond donors (Lipinski definition) is 3. The Morgan fingerprint density at radius 3 is 2.74 bits per heavy atom. The molecule has 1 aliphatic rings. The third-order valence-electron chi connectivity index (χ3n) is 4.59. The van der Waals surface area contributed by atoms with Crippen LogP contribution in [-0.4, -0.2) is 33.1 Å². The molecule has 7 nitrogen and oxygen atoms in total. The zero-order valence-corrected chi connectivity index (χ0v) is 15.6. The number of benzene rings is 1. The summed E-state index contributed by atoms with van der Waals surface area (Å²) in [5.41, 5.74) is 6.73. The van der Waals surface area contributed by atoms with E-state index in [1.807, 2.05) is 0 Å².